The zero-order valence-electron chi connectivity index (χ0n) is 20.9. The average molecular weight is 632 g/mol. The van der Waals surface area contributed by atoms with E-state index >= 15 is 0 Å². The van der Waals surface area contributed by atoms with Gasteiger partial charge in [-0.1, -0.05) is 0 Å². The molecule has 2 fully saturated rings. The number of hydrogen-bond acceptors (Lipinski definition) is 17. The highest BCUT2D eigenvalue weighted by Gasteiger charge is 2.54. The molecule has 4 heterocycles. The summed E-state index contributed by atoms with van der Waals surface area (Å²) in [6, 6.07) is 0. The van der Waals surface area contributed by atoms with Crippen molar-refractivity contribution in [3.05, 3.63) is 16.7 Å². The third-order valence-corrected chi connectivity index (χ3v) is 6.89. The highest BCUT2D eigenvalue weighted by Crippen LogP contribution is 2.38. The molecule has 230 valence electrons. The fraction of sp³-hybridized carbons (Fsp3) is 0.667. The van der Waals surface area contributed by atoms with Crippen molar-refractivity contribution in [3.8, 4) is 0 Å². The van der Waals surface area contributed by atoms with Crippen LogP contribution in [0.15, 0.2) is 11.1 Å². The number of carbonyl (C=O) groups is 1. The van der Waals surface area contributed by atoms with E-state index in [4.69, 9.17) is 33.4 Å². The van der Waals surface area contributed by atoms with Crippen LogP contribution in [0.5, 0.6) is 0 Å². The normalized spacial score (nSPS) is 32.8. The zero-order chi connectivity index (χ0) is 30.4. The number of anilines is 1. The molecule has 9 atom stereocenters. The summed E-state index contributed by atoms with van der Waals surface area (Å²) in [6.07, 6.45) is -14.3. The first-order valence-electron chi connectivity index (χ1n) is 11.4. The first-order valence-corrected chi connectivity index (χ1v) is 14.2. The van der Waals surface area contributed by atoms with Crippen LogP contribution in [0.4, 0.5) is 5.95 Å². The zero-order valence-corrected chi connectivity index (χ0v) is 22.5. The van der Waals surface area contributed by atoms with Crippen LogP contribution in [0, 0.1) is 0 Å². The van der Waals surface area contributed by atoms with E-state index in [-0.39, 0.29) is 17.1 Å². The molecule has 41 heavy (non-hydrogen) atoms. The topological polar surface area (TPSA) is 311 Å². The number of aliphatic hydroxyl groups is 2. The lowest BCUT2D eigenvalue weighted by molar-refractivity contribution is -0.312. The van der Waals surface area contributed by atoms with E-state index in [0.717, 1.165) is 17.8 Å². The first kappa shape index (κ1) is 31.1. The molecule has 4 rings (SSSR count). The Morgan fingerprint density at radius 1 is 1.12 bits per heavy atom. The molecule has 0 spiro atoms. The average Bonchev–Trinajstić information content (AvgIpc) is 3.38. The van der Waals surface area contributed by atoms with Crippen molar-refractivity contribution in [1.82, 2.24) is 19.5 Å². The Balaban J connectivity index is 1.74. The number of nitrogen functional groups attached to an aromatic ring is 1. The molecule has 0 bridgehead atoms. The molecular weight excluding hydrogens is 606 g/mol. The minimum Gasteiger partial charge on any atom is -0.457 e. The molecule has 7 N–H and O–H groups in total. The van der Waals surface area contributed by atoms with Gasteiger partial charge in [0, 0.05) is 6.92 Å². The Bertz CT molecular complexity index is 1560. The molecule has 2 aromatic rings. The van der Waals surface area contributed by atoms with E-state index in [9.17, 15) is 41.2 Å². The lowest BCUT2D eigenvalue weighted by atomic mass is 9.99. The molecule has 0 unspecified atom stereocenters. The maximum Gasteiger partial charge on any atom is 0.397 e. The Labute approximate surface area is 230 Å². The minimum atomic E-state index is -5.32. The van der Waals surface area contributed by atoms with Crippen LogP contribution in [0.3, 0.4) is 0 Å². The number of hydrogen-bond donors (Lipinski definition) is 6. The molecule has 23 heteroatoms. The van der Waals surface area contributed by atoms with Crippen molar-refractivity contribution < 1.29 is 68.3 Å². The van der Waals surface area contributed by atoms with Crippen molar-refractivity contribution in [2.45, 2.75) is 69.1 Å². The number of H-pyrrole nitrogens is 1. The largest absolute Gasteiger partial charge is 0.457 e. The predicted molar refractivity (Wildman–Crippen MR) is 127 cm³/mol. The van der Waals surface area contributed by atoms with Gasteiger partial charge in [-0.3, -0.25) is 28.2 Å². The van der Waals surface area contributed by atoms with E-state index in [2.05, 4.69) is 19.1 Å². The Kier molecular flexibility index (Phi) is 8.68. The third-order valence-electron chi connectivity index (χ3n) is 5.99. The van der Waals surface area contributed by atoms with Crippen molar-refractivity contribution >= 4 is 43.9 Å². The minimum absolute atomic E-state index is 0.266. The molecule has 0 saturated carbocycles. The van der Waals surface area contributed by atoms with E-state index in [1.54, 1.807) is 0 Å². The van der Waals surface area contributed by atoms with Crippen molar-refractivity contribution in [3.63, 3.8) is 0 Å². The number of fused-ring (bicyclic) bond motifs is 1. The van der Waals surface area contributed by atoms with Crippen LogP contribution in [0.2, 0.25) is 0 Å². The number of aliphatic hydroxyl groups excluding tert-OH is 2. The van der Waals surface area contributed by atoms with Gasteiger partial charge in [0.25, 0.3) is 5.56 Å². The monoisotopic (exact) mass is 631 g/mol. The summed E-state index contributed by atoms with van der Waals surface area (Å²) in [6.45, 7) is 1.35. The Hall–Kier alpha value is -2.84. The number of aromatic amines is 1. The molecule has 0 aliphatic carbocycles. The second-order valence-corrected chi connectivity index (χ2v) is 11.0. The molecule has 2 aliphatic heterocycles. The quantitative estimate of drug-likeness (QED) is 0.115. The highest BCUT2D eigenvalue weighted by atomic mass is 32.3. The van der Waals surface area contributed by atoms with Crippen LogP contribution in [-0.4, -0.2) is 117 Å². The summed E-state index contributed by atoms with van der Waals surface area (Å²) < 4.78 is 96.7. The van der Waals surface area contributed by atoms with E-state index in [1.165, 1.54) is 6.92 Å². The van der Waals surface area contributed by atoms with Gasteiger partial charge in [-0.05, 0) is 6.92 Å². The summed E-state index contributed by atoms with van der Waals surface area (Å²) in [5, 5.41) is 21.1. The Morgan fingerprint density at radius 2 is 1.80 bits per heavy atom. The third kappa shape index (κ3) is 6.97. The van der Waals surface area contributed by atoms with Gasteiger partial charge in [-0.15, -0.1) is 0 Å². The van der Waals surface area contributed by atoms with E-state index in [1.807, 2.05) is 0 Å². The van der Waals surface area contributed by atoms with Crippen LogP contribution in [0.1, 0.15) is 20.1 Å². The molecule has 2 aliphatic rings. The summed E-state index contributed by atoms with van der Waals surface area (Å²) in [4.78, 5) is 33.6. The smallest absolute Gasteiger partial charge is 0.397 e. The second kappa shape index (κ2) is 11.4. The summed E-state index contributed by atoms with van der Waals surface area (Å²) >= 11 is 0. The molecule has 2 aromatic heterocycles. The van der Waals surface area contributed by atoms with Gasteiger partial charge in [0.1, 0.15) is 24.4 Å². The number of nitrogens with zero attached hydrogens (tertiary/aromatic N) is 3. The van der Waals surface area contributed by atoms with Crippen molar-refractivity contribution in [2.24, 2.45) is 0 Å². The van der Waals surface area contributed by atoms with Gasteiger partial charge in [0.05, 0.1) is 19.0 Å². The van der Waals surface area contributed by atoms with Crippen LogP contribution in [-0.2, 0) is 52.9 Å². The fourth-order valence-corrected chi connectivity index (χ4v) is 5.17. The molecular formula is C18H25N5O16S2. The number of esters is 1. The van der Waals surface area contributed by atoms with Gasteiger partial charge >= 0.3 is 26.8 Å². The fourth-order valence-electron chi connectivity index (χ4n) is 4.38. The summed E-state index contributed by atoms with van der Waals surface area (Å²) in [5.41, 5.74) is 4.24. The number of nitrogens with one attached hydrogen (secondary N) is 1. The predicted octanol–water partition coefficient (Wildman–Crippen LogP) is -3.61. The summed E-state index contributed by atoms with van der Waals surface area (Å²) in [5.74, 6) is -1.18. The van der Waals surface area contributed by atoms with Gasteiger partial charge in [-0.2, -0.15) is 21.8 Å². The maximum absolute atomic E-state index is 12.2. The van der Waals surface area contributed by atoms with Gasteiger partial charge in [0.2, 0.25) is 5.95 Å². The van der Waals surface area contributed by atoms with Crippen LogP contribution < -0.4 is 11.3 Å². The lowest BCUT2D eigenvalue weighted by Gasteiger charge is -2.42. The molecule has 0 amide bonds. The molecule has 0 radical (unpaired) electrons. The molecule has 21 nitrogen and oxygen atoms in total. The van der Waals surface area contributed by atoms with Crippen molar-refractivity contribution in [2.75, 3.05) is 12.3 Å². The van der Waals surface area contributed by atoms with Crippen LogP contribution in [0.25, 0.3) is 11.2 Å². The SMILES string of the molecule is CC(=O)O[C@H]1[C@@H](O)[C@H](O)[C@H](O[C@H]2[C@@H](OS(=O)(=O)O)[C@H](n3cnc4c(=O)[nH]c(N)nc43)O[C@@H]2COS(=O)(=O)O)O[C@H]1C. The van der Waals surface area contributed by atoms with Crippen LogP contribution >= 0.6 is 0 Å². The summed E-state index contributed by atoms with van der Waals surface area (Å²) in [7, 11) is -10.4. The number of rotatable bonds is 9. The van der Waals surface area contributed by atoms with Gasteiger partial charge < -0.3 is 34.9 Å². The van der Waals surface area contributed by atoms with E-state index in [0.29, 0.717) is 0 Å². The van der Waals surface area contributed by atoms with Gasteiger partial charge in [0.15, 0.2) is 35.9 Å². The lowest BCUT2D eigenvalue weighted by Crippen LogP contribution is -2.60. The number of nitrogens with two attached hydrogens (primary N) is 1. The van der Waals surface area contributed by atoms with Crippen molar-refractivity contribution in [1.29, 1.82) is 0 Å². The first-order chi connectivity index (χ1) is 18.9. The number of aromatic nitrogens is 4. The van der Waals surface area contributed by atoms with E-state index < -0.39 is 94.2 Å². The standard InChI is InChI=1S/C18H25N5O16S2/c1-5-11(36-6(2)24)9(25)10(26)17(35-5)38-12-7(3-34-40(28,29)30)37-16(13(12)39-41(31,32)33)23-4-20-8-14(23)21-18(19)22-15(8)27/h4-5,7,9-13,16-17,25-26H,3H2,1-2H3,(H,28,29,30)(H,31,32,33)(H3,19,21,22,27)/t5-,7+,9-,10-,11+,12+,13+,16+,17-/m0/s1. The second-order valence-electron chi connectivity index (χ2n) is 8.91. The highest BCUT2D eigenvalue weighted by molar-refractivity contribution is 7.81. The number of ether oxygens (including phenoxy) is 4. The number of imidazole rings is 1. The maximum atomic E-state index is 12.2. The molecule has 2 saturated heterocycles. The molecule has 0 aromatic carbocycles. The Morgan fingerprint density at radius 3 is 2.41 bits per heavy atom. The van der Waals surface area contributed by atoms with Gasteiger partial charge in [-0.25, -0.2) is 13.4 Å². The number of carbonyl (C=O) groups excluding carboxylic acids is 1.